The Morgan fingerprint density at radius 3 is 2.83 bits per heavy atom. The fourth-order valence-electron chi connectivity index (χ4n) is 2.80. The summed E-state index contributed by atoms with van der Waals surface area (Å²) < 4.78 is 2.08. The molecule has 0 radical (unpaired) electrons. The Labute approximate surface area is 106 Å². The normalized spacial score (nSPS) is 15.6. The van der Waals surface area contributed by atoms with Gasteiger partial charge < -0.3 is 9.47 Å². The van der Waals surface area contributed by atoms with E-state index in [1.54, 1.807) is 11.1 Å². The van der Waals surface area contributed by atoms with Gasteiger partial charge in [0.1, 0.15) is 12.2 Å². The molecule has 2 aromatic rings. The Morgan fingerprint density at radius 1 is 1.33 bits per heavy atom. The van der Waals surface area contributed by atoms with Crippen molar-refractivity contribution >= 4 is 16.9 Å². The van der Waals surface area contributed by atoms with Gasteiger partial charge in [-0.05, 0) is 23.6 Å². The molecule has 94 valence electrons. The monoisotopic (exact) mass is 243 g/mol. The largest absolute Gasteiger partial charge is 0.338 e. The van der Waals surface area contributed by atoms with E-state index < -0.39 is 0 Å². The predicted octanol–water partition coefficient (Wildman–Crippen LogP) is 2.13. The second-order valence-corrected chi connectivity index (χ2v) is 5.23. The Hall–Kier alpha value is -1.84. The van der Waals surface area contributed by atoms with Crippen LogP contribution in [0.3, 0.4) is 0 Å². The first-order valence-electron chi connectivity index (χ1n) is 6.29. The Morgan fingerprint density at radius 2 is 2.11 bits per heavy atom. The highest BCUT2D eigenvalue weighted by atomic mass is 16.2. The standard InChI is InChI=1S/C14H17N3O/c1-9(2)13-10-5-4-6-15-14(10)17-8-12(18)16(3)7-11(13)17/h4-6,9H,7-8H2,1-3H3. The summed E-state index contributed by atoms with van der Waals surface area (Å²) in [5.41, 5.74) is 3.51. The Kier molecular flexibility index (Phi) is 2.40. The number of aromatic nitrogens is 2. The molecule has 3 rings (SSSR count). The molecule has 1 aliphatic rings. The van der Waals surface area contributed by atoms with Gasteiger partial charge in [-0.3, -0.25) is 4.79 Å². The Bertz CT molecular complexity index is 627. The minimum atomic E-state index is 0.153. The first kappa shape index (κ1) is 11.3. The van der Waals surface area contributed by atoms with Crippen LogP contribution in [0, 0.1) is 0 Å². The van der Waals surface area contributed by atoms with Gasteiger partial charge in [0.05, 0.1) is 6.54 Å². The molecule has 0 aliphatic carbocycles. The topological polar surface area (TPSA) is 38.1 Å². The molecule has 0 aromatic carbocycles. The summed E-state index contributed by atoms with van der Waals surface area (Å²) in [6.45, 7) is 5.48. The van der Waals surface area contributed by atoms with Gasteiger partial charge in [-0.1, -0.05) is 13.8 Å². The van der Waals surface area contributed by atoms with Gasteiger partial charge in [-0.15, -0.1) is 0 Å². The van der Waals surface area contributed by atoms with Gasteiger partial charge in [-0.2, -0.15) is 0 Å². The number of hydrogen-bond donors (Lipinski definition) is 0. The molecule has 0 unspecified atom stereocenters. The first-order chi connectivity index (χ1) is 8.59. The van der Waals surface area contributed by atoms with E-state index in [4.69, 9.17) is 0 Å². The van der Waals surface area contributed by atoms with E-state index in [2.05, 4.69) is 29.5 Å². The maximum Gasteiger partial charge on any atom is 0.242 e. The molecule has 0 atom stereocenters. The van der Waals surface area contributed by atoms with Crippen LogP contribution in [0.25, 0.3) is 11.0 Å². The summed E-state index contributed by atoms with van der Waals surface area (Å²) in [6, 6.07) is 4.07. The summed E-state index contributed by atoms with van der Waals surface area (Å²) in [5, 5.41) is 1.19. The number of carbonyl (C=O) groups excluding carboxylic acids is 1. The van der Waals surface area contributed by atoms with Crippen molar-refractivity contribution in [1.29, 1.82) is 0 Å². The van der Waals surface area contributed by atoms with Gasteiger partial charge in [0.2, 0.25) is 5.91 Å². The summed E-state index contributed by atoms with van der Waals surface area (Å²) in [5.74, 6) is 0.593. The number of hydrogen-bond acceptors (Lipinski definition) is 2. The molecule has 1 amide bonds. The molecule has 3 heterocycles. The maximum atomic E-state index is 11.9. The van der Waals surface area contributed by atoms with Crippen LogP contribution in [0.2, 0.25) is 0 Å². The number of rotatable bonds is 1. The molecule has 18 heavy (non-hydrogen) atoms. The second kappa shape index (κ2) is 3.83. The van der Waals surface area contributed by atoms with Crippen molar-refractivity contribution in [2.45, 2.75) is 32.9 Å². The van der Waals surface area contributed by atoms with Crippen LogP contribution >= 0.6 is 0 Å². The quantitative estimate of drug-likeness (QED) is 0.769. The van der Waals surface area contributed by atoms with Crippen LogP contribution in [0.15, 0.2) is 18.3 Å². The minimum Gasteiger partial charge on any atom is -0.338 e. The van der Waals surface area contributed by atoms with Crippen LogP contribution < -0.4 is 0 Å². The molecular formula is C14H17N3O. The van der Waals surface area contributed by atoms with E-state index in [1.165, 1.54) is 16.6 Å². The molecule has 0 saturated carbocycles. The molecule has 0 saturated heterocycles. The summed E-state index contributed by atoms with van der Waals surface area (Å²) >= 11 is 0. The van der Waals surface area contributed by atoms with Crippen molar-refractivity contribution < 1.29 is 4.79 Å². The zero-order valence-corrected chi connectivity index (χ0v) is 11.0. The molecule has 0 spiro atoms. The highest BCUT2D eigenvalue weighted by molar-refractivity contribution is 5.87. The molecule has 2 aromatic heterocycles. The number of pyridine rings is 1. The van der Waals surface area contributed by atoms with Crippen molar-refractivity contribution in [2.75, 3.05) is 7.05 Å². The maximum absolute atomic E-state index is 11.9. The number of fused-ring (bicyclic) bond motifs is 3. The average Bonchev–Trinajstić information content (AvgIpc) is 2.64. The zero-order chi connectivity index (χ0) is 12.9. The number of nitrogens with zero attached hydrogens (tertiary/aromatic N) is 3. The lowest BCUT2D eigenvalue weighted by Gasteiger charge is -2.26. The lowest BCUT2D eigenvalue weighted by atomic mass is 9.99. The van der Waals surface area contributed by atoms with Gasteiger partial charge in [0.25, 0.3) is 0 Å². The molecular weight excluding hydrogens is 226 g/mol. The van der Waals surface area contributed by atoms with E-state index in [1.807, 2.05) is 13.1 Å². The smallest absolute Gasteiger partial charge is 0.242 e. The van der Waals surface area contributed by atoms with Crippen molar-refractivity contribution in [2.24, 2.45) is 0 Å². The predicted molar refractivity (Wildman–Crippen MR) is 70.3 cm³/mol. The van der Waals surface area contributed by atoms with E-state index in [0.717, 1.165) is 5.65 Å². The van der Waals surface area contributed by atoms with Crippen LogP contribution in [0.5, 0.6) is 0 Å². The third kappa shape index (κ3) is 1.45. The van der Waals surface area contributed by atoms with Crippen LogP contribution in [-0.2, 0) is 17.9 Å². The Balaban J connectivity index is 2.33. The highest BCUT2D eigenvalue weighted by Crippen LogP contribution is 2.33. The van der Waals surface area contributed by atoms with Crippen LogP contribution in [0.4, 0.5) is 0 Å². The summed E-state index contributed by atoms with van der Waals surface area (Å²) in [4.78, 5) is 18.1. The van der Waals surface area contributed by atoms with E-state index in [0.29, 0.717) is 19.0 Å². The molecule has 0 bridgehead atoms. The number of amides is 1. The number of carbonyl (C=O) groups is 1. The fraction of sp³-hybridized carbons (Fsp3) is 0.429. The van der Waals surface area contributed by atoms with E-state index in [-0.39, 0.29) is 5.91 Å². The SMILES string of the molecule is CC(C)c1c2n(c3ncccc13)CC(=O)N(C)C2. The third-order valence-electron chi connectivity index (χ3n) is 3.65. The number of likely N-dealkylation sites (N-methyl/N-ethyl adjacent to an activating group) is 1. The van der Waals surface area contributed by atoms with Crippen LogP contribution in [0.1, 0.15) is 31.0 Å². The lowest BCUT2D eigenvalue weighted by Crippen LogP contribution is -2.36. The first-order valence-corrected chi connectivity index (χ1v) is 6.29. The molecule has 0 N–H and O–H groups in total. The summed E-state index contributed by atoms with van der Waals surface area (Å²) in [6.07, 6.45) is 1.79. The second-order valence-electron chi connectivity index (χ2n) is 5.23. The zero-order valence-electron chi connectivity index (χ0n) is 11.0. The molecule has 4 heteroatoms. The van der Waals surface area contributed by atoms with Gasteiger partial charge in [-0.25, -0.2) is 4.98 Å². The highest BCUT2D eigenvalue weighted by Gasteiger charge is 2.27. The van der Waals surface area contributed by atoms with Gasteiger partial charge >= 0.3 is 0 Å². The van der Waals surface area contributed by atoms with Crippen molar-refractivity contribution in [3.8, 4) is 0 Å². The van der Waals surface area contributed by atoms with Crippen molar-refractivity contribution in [1.82, 2.24) is 14.5 Å². The molecule has 1 aliphatic heterocycles. The fourth-order valence-corrected chi connectivity index (χ4v) is 2.80. The third-order valence-corrected chi connectivity index (χ3v) is 3.65. The van der Waals surface area contributed by atoms with Gasteiger partial charge in [0, 0.05) is 24.3 Å². The molecule has 0 fully saturated rings. The van der Waals surface area contributed by atoms with Gasteiger partial charge in [0.15, 0.2) is 0 Å². The van der Waals surface area contributed by atoms with Crippen molar-refractivity contribution in [3.05, 3.63) is 29.6 Å². The summed E-state index contributed by atoms with van der Waals surface area (Å²) in [7, 11) is 1.86. The minimum absolute atomic E-state index is 0.153. The van der Waals surface area contributed by atoms with Crippen LogP contribution in [-0.4, -0.2) is 27.4 Å². The van der Waals surface area contributed by atoms with E-state index >= 15 is 0 Å². The van der Waals surface area contributed by atoms with Crippen molar-refractivity contribution in [3.63, 3.8) is 0 Å². The lowest BCUT2D eigenvalue weighted by molar-refractivity contribution is -0.132. The average molecular weight is 243 g/mol. The van der Waals surface area contributed by atoms with E-state index in [9.17, 15) is 4.79 Å². The molecule has 4 nitrogen and oxygen atoms in total.